The molecular weight excluding hydrogens is 787 g/mol. The van der Waals surface area contributed by atoms with Crippen LogP contribution in [0, 0.1) is 25.5 Å². The molecule has 2 amide bonds. The Bertz CT molecular complexity index is 2580. The number of nitrogens with one attached hydrogen (secondary N) is 6. The van der Waals surface area contributed by atoms with Gasteiger partial charge in [0.1, 0.15) is 34.9 Å². The number of rotatable bonds is 12. The monoisotopic (exact) mass is 826 g/mol. The standard InChI is InChI=1S/C20H20FN5O3S.C20H20FN5OS/c1-12-15(21)5-4-6-16(12)25-17-10-19(24-11-14(17)20(27)22-2)26-18-9-13(7-8-23-18)30(3,28)29;1-12-15(21)5-4-6-16(12)25-17-10-19(24-11-14(17)20(27)22-2)26-18-9-13(28-3)7-8-23-18/h4-11H,1-3H3,(H,22,27)(H2,23,24,25,26);4-11H,1-3H3,(H,22,27)(H2,23,24,25,26). The number of anilines is 8. The summed E-state index contributed by atoms with van der Waals surface area (Å²) in [4.78, 5) is 42.5. The van der Waals surface area contributed by atoms with Crippen molar-refractivity contribution >= 4 is 79.4 Å². The Morgan fingerprint density at radius 1 is 0.603 bits per heavy atom. The van der Waals surface area contributed by atoms with Gasteiger partial charge in [-0.2, -0.15) is 0 Å². The summed E-state index contributed by atoms with van der Waals surface area (Å²) in [5.74, 6) is 0.367. The van der Waals surface area contributed by atoms with Crippen LogP contribution >= 0.6 is 11.8 Å². The average molecular weight is 827 g/mol. The maximum absolute atomic E-state index is 13.9. The molecular formula is C40H40F2N10O4S2. The SMILES string of the molecule is CNC(=O)c1cnc(Nc2cc(S(C)(=O)=O)ccn2)cc1Nc1cccc(F)c1C.CNC(=O)c1cnc(Nc2cc(SC)ccn2)cc1Nc1cccc(F)c1C. The van der Waals surface area contributed by atoms with E-state index in [1.54, 1.807) is 75.3 Å². The molecule has 6 N–H and O–H groups in total. The van der Waals surface area contributed by atoms with Crippen molar-refractivity contribution in [1.82, 2.24) is 30.6 Å². The first-order chi connectivity index (χ1) is 27.7. The summed E-state index contributed by atoms with van der Waals surface area (Å²) >= 11 is 1.61. The minimum Gasteiger partial charge on any atom is -0.355 e. The van der Waals surface area contributed by atoms with Crippen LogP contribution in [0.25, 0.3) is 0 Å². The van der Waals surface area contributed by atoms with Crippen LogP contribution in [0.5, 0.6) is 0 Å². The summed E-state index contributed by atoms with van der Waals surface area (Å²) in [6.07, 6.45) is 9.00. The van der Waals surface area contributed by atoms with Crippen LogP contribution < -0.4 is 31.9 Å². The molecule has 0 bridgehead atoms. The topological polar surface area (TPSA) is 192 Å². The van der Waals surface area contributed by atoms with Crippen molar-refractivity contribution in [3.63, 3.8) is 0 Å². The fraction of sp³-hybridized carbons (Fsp3) is 0.150. The number of halogens is 2. The molecule has 0 aliphatic heterocycles. The third-order valence-electron chi connectivity index (χ3n) is 8.46. The van der Waals surface area contributed by atoms with E-state index < -0.39 is 9.84 Å². The van der Waals surface area contributed by atoms with Crippen molar-refractivity contribution in [1.29, 1.82) is 0 Å². The highest BCUT2D eigenvalue weighted by atomic mass is 32.2. The number of benzene rings is 2. The van der Waals surface area contributed by atoms with E-state index in [-0.39, 0.29) is 39.7 Å². The molecule has 0 fully saturated rings. The van der Waals surface area contributed by atoms with Crippen LogP contribution in [0.3, 0.4) is 0 Å². The minimum absolute atomic E-state index is 0.107. The lowest BCUT2D eigenvalue weighted by Crippen LogP contribution is -2.19. The Hall–Kier alpha value is -6.66. The van der Waals surface area contributed by atoms with E-state index in [0.717, 1.165) is 11.2 Å². The quantitative estimate of drug-likeness (QED) is 0.0660. The molecule has 4 aromatic heterocycles. The number of hydrogen-bond acceptors (Lipinski definition) is 13. The molecule has 14 nitrogen and oxygen atoms in total. The van der Waals surface area contributed by atoms with Gasteiger partial charge in [-0.25, -0.2) is 37.1 Å². The molecule has 6 aromatic rings. The number of hydrogen-bond donors (Lipinski definition) is 6. The van der Waals surface area contributed by atoms with Gasteiger partial charge in [-0.1, -0.05) is 12.1 Å². The first kappa shape index (κ1) is 42.5. The molecule has 0 saturated heterocycles. The molecule has 0 atom stereocenters. The highest BCUT2D eigenvalue weighted by Crippen LogP contribution is 2.30. The summed E-state index contributed by atoms with van der Waals surface area (Å²) in [5, 5.41) is 17.4. The van der Waals surface area contributed by atoms with E-state index in [4.69, 9.17) is 0 Å². The molecule has 0 saturated carbocycles. The molecule has 18 heteroatoms. The fourth-order valence-electron chi connectivity index (χ4n) is 5.24. The van der Waals surface area contributed by atoms with Gasteiger partial charge >= 0.3 is 0 Å². The van der Waals surface area contributed by atoms with Gasteiger partial charge in [-0.3, -0.25) is 9.59 Å². The van der Waals surface area contributed by atoms with Gasteiger partial charge in [0.15, 0.2) is 9.84 Å². The second-order valence-corrected chi connectivity index (χ2v) is 15.3. The Balaban J connectivity index is 0.000000221. The molecule has 4 heterocycles. The molecule has 0 spiro atoms. The van der Waals surface area contributed by atoms with Gasteiger partial charge in [-0.05, 0) is 68.6 Å². The zero-order valence-electron chi connectivity index (χ0n) is 32.2. The predicted molar refractivity (Wildman–Crippen MR) is 224 cm³/mol. The van der Waals surface area contributed by atoms with Crippen LogP contribution in [0.15, 0.2) is 107 Å². The summed E-state index contributed by atoms with van der Waals surface area (Å²) in [6, 6.07) is 19.2. The molecule has 0 radical (unpaired) electrons. The number of pyridine rings is 4. The number of nitrogens with zero attached hydrogens (tertiary/aromatic N) is 4. The summed E-state index contributed by atoms with van der Waals surface area (Å²) in [7, 11) is -0.360. The lowest BCUT2D eigenvalue weighted by atomic mass is 10.1. The predicted octanol–water partition coefficient (Wildman–Crippen LogP) is 7.67. The van der Waals surface area contributed by atoms with Gasteiger partial charge in [0.25, 0.3) is 11.8 Å². The van der Waals surface area contributed by atoms with E-state index in [2.05, 4.69) is 51.8 Å². The van der Waals surface area contributed by atoms with Crippen LogP contribution in [0.2, 0.25) is 0 Å². The molecule has 0 aliphatic rings. The molecule has 6 rings (SSSR count). The first-order valence-corrected chi connectivity index (χ1v) is 20.5. The largest absolute Gasteiger partial charge is 0.355 e. The second-order valence-electron chi connectivity index (χ2n) is 12.4. The van der Waals surface area contributed by atoms with Crippen molar-refractivity contribution in [2.24, 2.45) is 0 Å². The van der Waals surface area contributed by atoms with Crippen molar-refractivity contribution in [3.05, 3.63) is 131 Å². The average Bonchev–Trinajstić information content (AvgIpc) is 3.21. The Kier molecular flexibility index (Phi) is 13.9. The summed E-state index contributed by atoms with van der Waals surface area (Å²) < 4.78 is 51.3. The van der Waals surface area contributed by atoms with E-state index in [1.165, 1.54) is 49.9 Å². The molecule has 2 aromatic carbocycles. The maximum Gasteiger partial charge on any atom is 0.254 e. The first-order valence-electron chi connectivity index (χ1n) is 17.4. The van der Waals surface area contributed by atoms with Crippen molar-refractivity contribution in [3.8, 4) is 0 Å². The third kappa shape index (κ3) is 10.8. The van der Waals surface area contributed by atoms with Gasteiger partial charge in [0.05, 0.1) is 27.4 Å². The minimum atomic E-state index is -3.40. The van der Waals surface area contributed by atoms with Crippen LogP contribution in [-0.4, -0.2) is 66.8 Å². The van der Waals surface area contributed by atoms with Gasteiger partial charge < -0.3 is 31.9 Å². The number of carbonyl (C=O) groups is 2. The lowest BCUT2D eigenvalue weighted by molar-refractivity contribution is 0.0955. The number of carbonyl (C=O) groups excluding carboxylic acids is 2. The highest BCUT2D eigenvalue weighted by Gasteiger charge is 2.17. The molecule has 300 valence electrons. The zero-order chi connectivity index (χ0) is 42.0. The smallest absolute Gasteiger partial charge is 0.254 e. The molecule has 58 heavy (non-hydrogen) atoms. The summed E-state index contributed by atoms with van der Waals surface area (Å²) in [6.45, 7) is 3.30. The highest BCUT2D eigenvalue weighted by molar-refractivity contribution is 7.98. The van der Waals surface area contributed by atoms with Gasteiger partial charge in [0.2, 0.25) is 0 Å². The van der Waals surface area contributed by atoms with E-state index in [1.807, 2.05) is 18.4 Å². The molecule has 0 unspecified atom stereocenters. The number of aromatic nitrogens is 4. The normalized spacial score (nSPS) is 10.8. The van der Waals surface area contributed by atoms with Gasteiger partial charge in [-0.15, -0.1) is 11.8 Å². The Morgan fingerprint density at radius 2 is 1.05 bits per heavy atom. The number of sulfone groups is 1. The van der Waals surface area contributed by atoms with E-state index in [0.29, 0.717) is 56.9 Å². The summed E-state index contributed by atoms with van der Waals surface area (Å²) in [5.41, 5.74) is 3.43. The Morgan fingerprint density at radius 3 is 1.50 bits per heavy atom. The fourth-order valence-corrected chi connectivity index (χ4v) is 6.30. The number of thioether (sulfide) groups is 1. The number of amides is 2. The van der Waals surface area contributed by atoms with E-state index >= 15 is 0 Å². The van der Waals surface area contributed by atoms with Crippen LogP contribution in [0.4, 0.5) is 54.8 Å². The van der Waals surface area contributed by atoms with Crippen molar-refractivity contribution in [2.75, 3.05) is 47.9 Å². The van der Waals surface area contributed by atoms with E-state index in [9.17, 15) is 26.8 Å². The van der Waals surface area contributed by atoms with Crippen molar-refractivity contribution < 1.29 is 26.8 Å². The van der Waals surface area contributed by atoms with Crippen LogP contribution in [-0.2, 0) is 9.84 Å². The van der Waals surface area contributed by atoms with Gasteiger partial charge in [0, 0.05) is 84.7 Å². The van der Waals surface area contributed by atoms with Crippen molar-refractivity contribution in [2.45, 2.75) is 23.6 Å². The maximum atomic E-state index is 13.9. The van der Waals surface area contributed by atoms with Crippen LogP contribution in [0.1, 0.15) is 31.8 Å². The third-order valence-corrected chi connectivity index (χ3v) is 10.3. The molecule has 0 aliphatic carbocycles. The Labute approximate surface area is 338 Å². The second kappa shape index (κ2) is 19.0. The zero-order valence-corrected chi connectivity index (χ0v) is 33.9. The lowest BCUT2D eigenvalue weighted by Gasteiger charge is -2.15.